The minimum Gasteiger partial charge on any atom is -0.479 e. The smallest absolute Gasteiger partial charge is 0.331 e. The van der Waals surface area contributed by atoms with E-state index < -0.39 is 29.3 Å². The molecule has 23 heavy (non-hydrogen) atoms. The molecular weight excluding hydrogens is 340 g/mol. The molecule has 0 spiro atoms. The molecule has 1 aromatic rings. The molecule has 1 aromatic heterocycles. The van der Waals surface area contributed by atoms with Gasteiger partial charge in [-0.1, -0.05) is 6.07 Å². The third-order valence-electron chi connectivity index (χ3n) is 3.69. The molecule has 9 heteroatoms. The molecule has 2 saturated heterocycles. The summed E-state index contributed by atoms with van der Waals surface area (Å²) < 4.78 is 0. The van der Waals surface area contributed by atoms with Gasteiger partial charge in [-0.2, -0.15) is 0 Å². The zero-order valence-electron chi connectivity index (χ0n) is 11.7. The molecule has 2 aliphatic heterocycles. The monoisotopic (exact) mass is 352 g/mol. The number of thioether (sulfide) groups is 1. The number of carbonyl (C=O) groups excluding carboxylic acids is 3. The van der Waals surface area contributed by atoms with E-state index in [0.29, 0.717) is 0 Å². The van der Waals surface area contributed by atoms with Crippen LogP contribution in [0.1, 0.15) is 4.88 Å². The van der Waals surface area contributed by atoms with Crippen LogP contribution < -0.4 is 5.32 Å². The number of fused-ring (bicyclic) bond motifs is 1. The van der Waals surface area contributed by atoms with Gasteiger partial charge < -0.3 is 15.3 Å². The van der Waals surface area contributed by atoms with E-state index in [4.69, 9.17) is 0 Å². The van der Waals surface area contributed by atoms with Gasteiger partial charge >= 0.3 is 5.97 Å². The maximum Gasteiger partial charge on any atom is 0.331 e. The van der Waals surface area contributed by atoms with Gasteiger partial charge in [0.15, 0.2) is 6.04 Å². The van der Waals surface area contributed by atoms with Crippen LogP contribution in [0.25, 0.3) is 0 Å². The second-order valence-electron chi connectivity index (χ2n) is 5.12. The Hall–Kier alpha value is -2.09. The van der Waals surface area contributed by atoms with E-state index in [9.17, 15) is 24.3 Å². The highest BCUT2D eigenvalue weighted by Gasteiger charge is 2.56. The maximum absolute atomic E-state index is 12.2. The minimum absolute atomic E-state index is 0.0375. The minimum atomic E-state index is -1.28. The summed E-state index contributed by atoms with van der Waals surface area (Å²) in [4.78, 5) is 48.4. The molecular formula is C14H12N2O5S2. The van der Waals surface area contributed by atoms with Crippen molar-refractivity contribution in [2.75, 3.05) is 5.75 Å². The summed E-state index contributed by atoms with van der Waals surface area (Å²) in [7, 11) is 0. The van der Waals surface area contributed by atoms with E-state index in [-0.39, 0.29) is 23.7 Å². The van der Waals surface area contributed by atoms with Crippen LogP contribution in [0.4, 0.5) is 0 Å². The molecule has 3 atom stereocenters. The molecule has 0 aliphatic carbocycles. The van der Waals surface area contributed by atoms with Crippen molar-refractivity contribution in [3.8, 4) is 0 Å². The molecule has 0 aromatic carbocycles. The lowest BCUT2D eigenvalue weighted by atomic mass is 9.98. The normalized spacial score (nSPS) is 26.1. The number of nitrogens with zero attached hydrogens (tertiary/aromatic N) is 1. The van der Waals surface area contributed by atoms with Crippen LogP contribution in [0, 0.1) is 0 Å². The zero-order chi connectivity index (χ0) is 16.6. The molecule has 0 radical (unpaired) electrons. The number of carboxylic acid groups (broad SMARTS) is 1. The lowest BCUT2D eigenvalue weighted by Crippen LogP contribution is -2.74. The van der Waals surface area contributed by atoms with Crippen molar-refractivity contribution >= 4 is 46.8 Å². The molecule has 120 valence electrons. The van der Waals surface area contributed by atoms with Gasteiger partial charge in [-0.15, -0.1) is 23.1 Å². The molecule has 3 heterocycles. The van der Waals surface area contributed by atoms with Gasteiger partial charge in [0.25, 0.3) is 0 Å². The highest BCUT2D eigenvalue weighted by atomic mass is 32.2. The topological polar surface area (TPSA) is 104 Å². The Morgan fingerprint density at radius 3 is 2.87 bits per heavy atom. The van der Waals surface area contributed by atoms with Crippen molar-refractivity contribution in [1.29, 1.82) is 0 Å². The number of amides is 2. The summed E-state index contributed by atoms with van der Waals surface area (Å²) in [6, 6.07) is 1.64. The first kappa shape index (κ1) is 15.8. The van der Waals surface area contributed by atoms with Crippen molar-refractivity contribution in [2.24, 2.45) is 0 Å². The molecule has 2 aliphatic rings. The van der Waals surface area contributed by atoms with Gasteiger partial charge in [-0.25, -0.2) is 9.59 Å². The summed E-state index contributed by atoms with van der Waals surface area (Å²) in [6.07, 6.45) is 0.181. The number of β-lactam (4-membered cyclic amide) rings is 1. The van der Waals surface area contributed by atoms with Gasteiger partial charge in [0.1, 0.15) is 17.4 Å². The Balaban J connectivity index is 1.68. The zero-order valence-corrected chi connectivity index (χ0v) is 13.4. The number of thiophene rings is 1. The molecule has 2 N–H and O–H groups in total. The number of carboxylic acids is 1. The SMILES string of the molecule is O=C=C1CS[C@@H]2C(NC(=O)Cc3cccs3)C(=O)N2C1C(=O)O. The van der Waals surface area contributed by atoms with Crippen molar-refractivity contribution in [3.63, 3.8) is 0 Å². The van der Waals surface area contributed by atoms with Crippen LogP contribution in [0.5, 0.6) is 0 Å². The van der Waals surface area contributed by atoms with E-state index in [1.54, 1.807) is 5.94 Å². The first-order chi connectivity index (χ1) is 11.0. The van der Waals surface area contributed by atoms with E-state index in [1.165, 1.54) is 23.1 Å². The molecule has 0 bridgehead atoms. The number of hydrogen-bond acceptors (Lipinski definition) is 6. The third-order valence-corrected chi connectivity index (χ3v) is 5.89. The van der Waals surface area contributed by atoms with Gasteiger partial charge in [0.2, 0.25) is 11.8 Å². The van der Waals surface area contributed by atoms with Crippen LogP contribution in [0.3, 0.4) is 0 Å². The fourth-order valence-corrected chi connectivity index (χ4v) is 4.68. The van der Waals surface area contributed by atoms with E-state index in [0.717, 1.165) is 9.78 Å². The largest absolute Gasteiger partial charge is 0.479 e. The van der Waals surface area contributed by atoms with Gasteiger partial charge in [0, 0.05) is 10.6 Å². The summed E-state index contributed by atoms with van der Waals surface area (Å²) in [6.45, 7) is 0. The van der Waals surface area contributed by atoms with Crippen molar-refractivity contribution in [3.05, 3.63) is 28.0 Å². The maximum atomic E-state index is 12.2. The third kappa shape index (κ3) is 2.78. The Kier molecular flexibility index (Phi) is 4.25. The fraction of sp³-hybridized carbons (Fsp3) is 0.357. The molecule has 3 rings (SSSR count). The Bertz CT molecular complexity index is 711. The molecule has 7 nitrogen and oxygen atoms in total. The summed E-state index contributed by atoms with van der Waals surface area (Å²) >= 11 is 2.71. The number of nitrogens with one attached hydrogen (secondary N) is 1. The number of rotatable bonds is 4. The highest BCUT2D eigenvalue weighted by molar-refractivity contribution is 8.00. The predicted octanol–water partition coefficient (Wildman–Crippen LogP) is -0.0983. The Morgan fingerprint density at radius 2 is 2.26 bits per heavy atom. The second-order valence-corrected chi connectivity index (χ2v) is 7.25. The summed E-state index contributed by atoms with van der Waals surface area (Å²) in [5.74, 6) is -0.228. The lowest BCUT2D eigenvalue weighted by Gasteiger charge is -2.51. The van der Waals surface area contributed by atoms with Gasteiger partial charge in [-0.05, 0) is 11.4 Å². The number of hydrogen-bond donors (Lipinski definition) is 2. The van der Waals surface area contributed by atoms with Crippen LogP contribution in [0.15, 0.2) is 23.1 Å². The molecule has 2 fully saturated rings. The van der Waals surface area contributed by atoms with Gasteiger partial charge in [-0.3, -0.25) is 9.59 Å². The lowest BCUT2D eigenvalue weighted by molar-refractivity contribution is -0.160. The first-order valence-electron chi connectivity index (χ1n) is 6.75. The van der Waals surface area contributed by atoms with E-state index in [1.807, 2.05) is 17.5 Å². The van der Waals surface area contributed by atoms with Crippen molar-refractivity contribution in [2.45, 2.75) is 23.9 Å². The first-order valence-corrected chi connectivity index (χ1v) is 8.68. The van der Waals surface area contributed by atoms with Crippen LogP contribution in [-0.2, 0) is 25.6 Å². The van der Waals surface area contributed by atoms with Crippen LogP contribution >= 0.6 is 23.1 Å². The quantitative estimate of drug-likeness (QED) is 0.579. The average Bonchev–Trinajstić information content (AvgIpc) is 3.03. The van der Waals surface area contributed by atoms with Crippen LogP contribution in [0.2, 0.25) is 0 Å². The standard InChI is InChI=1S/C14H12N2O5S2/c17-5-7-6-23-13-10(12(19)16(13)11(7)14(20)21)15-9(18)4-8-2-1-3-22-8/h1-3,10-11,13H,4,6H2,(H,15,18)(H,20,21)/t10?,11?,13-/m1/s1. The predicted molar refractivity (Wildman–Crippen MR) is 83.7 cm³/mol. The Labute approximate surface area is 139 Å². The van der Waals surface area contributed by atoms with Crippen molar-refractivity contribution < 1.29 is 24.3 Å². The molecule has 0 saturated carbocycles. The Morgan fingerprint density at radius 1 is 1.48 bits per heavy atom. The summed E-state index contributed by atoms with van der Waals surface area (Å²) in [5.41, 5.74) is 0.0375. The van der Waals surface area contributed by atoms with Gasteiger partial charge in [0.05, 0.1) is 12.0 Å². The van der Waals surface area contributed by atoms with E-state index in [2.05, 4.69) is 5.32 Å². The molecule has 2 unspecified atom stereocenters. The van der Waals surface area contributed by atoms with Crippen LogP contribution in [-0.4, -0.2) is 56.9 Å². The number of carbonyl (C=O) groups is 3. The van der Waals surface area contributed by atoms with Crippen molar-refractivity contribution in [1.82, 2.24) is 10.2 Å². The fourth-order valence-electron chi connectivity index (χ4n) is 2.64. The highest BCUT2D eigenvalue weighted by Crippen LogP contribution is 2.39. The molecule has 2 amide bonds. The second kappa shape index (κ2) is 6.19. The number of aliphatic carboxylic acids is 1. The summed E-state index contributed by atoms with van der Waals surface area (Å²) in [5, 5.41) is 13.3. The van der Waals surface area contributed by atoms with E-state index >= 15 is 0 Å². The average molecular weight is 352 g/mol.